The molecule has 2 fully saturated rings. The fourth-order valence-corrected chi connectivity index (χ4v) is 2.59. The molecule has 0 aliphatic carbocycles. The fourth-order valence-electron chi connectivity index (χ4n) is 2.59. The van der Waals surface area contributed by atoms with Crippen LogP contribution in [0.2, 0.25) is 0 Å². The van der Waals surface area contributed by atoms with Gasteiger partial charge in [-0.3, -0.25) is 0 Å². The minimum atomic E-state index is 0.296. The van der Waals surface area contributed by atoms with Gasteiger partial charge in [-0.2, -0.15) is 4.98 Å². The van der Waals surface area contributed by atoms with Gasteiger partial charge in [0.25, 0.3) is 0 Å². The van der Waals surface area contributed by atoms with Crippen LogP contribution in [0.3, 0.4) is 0 Å². The summed E-state index contributed by atoms with van der Waals surface area (Å²) in [6, 6.07) is 0. The Balaban J connectivity index is 1.60. The molecule has 0 aromatic carbocycles. The Morgan fingerprint density at radius 2 is 2.29 bits per heavy atom. The lowest BCUT2D eigenvalue weighted by atomic mass is 10.00. The zero-order valence-electron chi connectivity index (χ0n) is 10.0. The molecule has 5 nitrogen and oxygen atoms in total. The summed E-state index contributed by atoms with van der Waals surface area (Å²) in [7, 11) is 0. The normalized spacial score (nSPS) is 29.6. The van der Waals surface area contributed by atoms with Crippen molar-refractivity contribution in [1.82, 2.24) is 15.5 Å². The highest BCUT2D eigenvalue weighted by Crippen LogP contribution is 2.22. The molecular formula is C12H19N3O2. The highest BCUT2D eigenvalue weighted by molar-refractivity contribution is 4.97. The van der Waals surface area contributed by atoms with Crippen LogP contribution >= 0.6 is 0 Å². The summed E-state index contributed by atoms with van der Waals surface area (Å²) in [5.74, 6) is 2.00. The van der Waals surface area contributed by atoms with Crippen molar-refractivity contribution >= 4 is 0 Å². The van der Waals surface area contributed by atoms with Crippen molar-refractivity contribution < 1.29 is 9.26 Å². The van der Waals surface area contributed by atoms with Crippen LogP contribution in [0.1, 0.15) is 43.3 Å². The third-order valence-corrected chi connectivity index (χ3v) is 3.56. The monoisotopic (exact) mass is 237 g/mol. The molecule has 1 aromatic rings. The van der Waals surface area contributed by atoms with E-state index in [1.54, 1.807) is 0 Å². The number of piperidine rings is 1. The third-order valence-electron chi connectivity index (χ3n) is 3.56. The number of hydrogen-bond donors (Lipinski definition) is 1. The van der Waals surface area contributed by atoms with Crippen LogP contribution in [0.4, 0.5) is 0 Å². The largest absolute Gasteiger partial charge is 0.378 e. The SMILES string of the molecule is C1COC(Cc2noc([C@@H]3CCCNC3)n2)C1. The van der Waals surface area contributed by atoms with E-state index in [-0.39, 0.29) is 0 Å². The van der Waals surface area contributed by atoms with Gasteiger partial charge in [-0.1, -0.05) is 5.16 Å². The highest BCUT2D eigenvalue weighted by atomic mass is 16.5. The summed E-state index contributed by atoms with van der Waals surface area (Å²) in [5.41, 5.74) is 0. The Kier molecular flexibility index (Phi) is 3.38. The van der Waals surface area contributed by atoms with Crippen LogP contribution in [0.15, 0.2) is 4.52 Å². The second-order valence-corrected chi connectivity index (χ2v) is 4.93. The van der Waals surface area contributed by atoms with E-state index < -0.39 is 0 Å². The van der Waals surface area contributed by atoms with Gasteiger partial charge in [-0.25, -0.2) is 0 Å². The summed E-state index contributed by atoms with van der Waals surface area (Å²) in [5, 5.41) is 7.42. The van der Waals surface area contributed by atoms with E-state index in [0.29, 0.717) is 12.0 Å². The minimum Gasteiger partial charge on any atom is -0.378 e. The number of hydrogen-bond acceptors (Lipinski definition) is 5. The molecule has 1 N–H and O–H groups in total. The molecular weight excluding hydrogens is 218 g/mol. The Morgan fingerprint density at radius 1 is 1.29 bits per heavy atom. The first-order valence-electron chi connectivity index (χ1n) is 6.56. The average Bonchev–Trinajstić information content (AvgIpc) is 3.02. The maximum atomic E-state index is 5.58. The first kappa shape index (κ1) is 11.2. The lowest BCUT2D eigenvalue weighted by Gasteiger charge is -2.18. The summed E-state index contributed by atoms with van der Waals surface area (Å²) in [4.78, 5) is 4.50. The van der Waals surface area contributed by atoms with Crippen LogP contribution in [0, 0.1) is 0 Å². The molecule has 0 spiro atoms. The van der Waals surface area contributed by atoms with E-state index >= 15 is 0 Å². The van der Waals surface area contributed by atoms with Gasteiger partial charge in [0, 0.05) is 19.6 Å². The molecule has 0 amide bonds. The number of nitrogens with one attached hydrogen (secondary N) is 1. The van der Waals surface area contributed by atoms with Gasteiger partial charge in [0.2, 0.25) is 5.89 Å². The van der Waals surface area contributed by atoms with Gasteiger partial charge in [-0.05, 0) is 32.2 Å². The summed E-state index contributed by atoms with van der Waals surface area (Å²) < 4.78 is 10.9. The average molecular weight is 237 g/mol. The molecule has 5 heteroatoms. The molecule has 3 rings (SSSR count). The van der Waals surface area contributed by atoms with Crippen molar-refractivity contribution in [3.05, 3.63) is 11.7 Å². The second kappa shape index (κ2) is 5.14. The lowest BCUT2D eigenvalue weighted by molar-refractivity contribution is 0.109. The molecule has 2 saturated heterocycles. The van der Waals surface area contributed by atoms with Crippen molar-refractivity contribution in [2.45, 2.75) is 44.1 Å². The summed E-state index contributed by atoms with van der Waals surface area (Å²) in [6.07, 6.45) is 5.70. The molecule has 2 aliphatic heterocycles. The molecule has 0 bridgehead atoms. The molecule has 1 unspecified atom stereocenters. The van der Waals surface area contributed by atoms with E-state index in [9.17, 15) is 0 Å². The third kappa shape index (κ3) is 2.66. The zero-order chi connectivity index (χ0) is 11.5. The Morgan fingerprint density at radius 3 is 3.06 bits per heavy atom. The smallest absolute Gasteiger partial charge is 0.231 e. The molecule has 17 heavy (non-hydrogen) atoms. The Labute approximate surface area is 101 Å². The van der Waals surface area contributed by atoms with Gasteiger partial charge in [-0.15, -0.1) is 0 Å². The maximum absolute atomic E-state index is 5.58. The number of ether oxygens (including phenoxy) is 1. The van der Waals surface area contributed by atoms with E-state index in [1.807, 2.05) is 0 Å². The van der Waals surface area contributed by atoms with Gasteiger partial charge in [0.15, 0.2) is 5.82 Å². The molecule has 0 radical (unpaired) electrons. The van der Waals surface area contributed by atoms with Gasteiger partial charge >= 0.3 is 0 Å². The maximum Gasteiger partial charge on any atom is 0.231 e. The van der Waals surface area contributed by atoms with E-state index in [4.69, 9.17) is 9.26 Å². The first-order valence-corrected chi connectivity index (χ1v) is 6.56. The zero-order valence-corrected chi connectivity index (χ0v) is 10.0. The second-order valence-electron chi connectivity index (χ2n) is 4.93. The predicted molar refractivity (Wildman–Crippen MR) is 61.8 cm³/mol. The Hall–Kier alpha value is -0.940. The van der Waals surface area contributed by atoms with Crippen LogP contribution in [-0.4, -0.2) is 35.9 Å². The van der Waals surface area contributed by atoms with Crippen molar-refractivity contribution in [2.24, 2.45) is 0 Å². The fraction of sp³-hybridized carbons (Fsp3) is 0.833. The molecule has 2 aliphatic rings. The van der Waals surface area contributed by atoms with Crippen molar-refractivity contribution in [2.75, 3.05) is 19.7 Å². The van der Waals surface area contributed by atoms with Crippen molar-refractivity contribution in [1.29, 1.82) is 0 Å². The van der Waals surface area contributed by atoms with E-state index in [2.05, 4.69) is 15.5 Å². The number of aromatic nitrogens is 2. The van der Waals surface area contributed by atoms with Gasteiger partial charge < -0.3 is 14.6 Å². The molecule has 3 heterocycles. The highest BCUT2D eigenvalue weighted by Gasteiger charge is 2.23. The van der Waals surface area contributed by atoms with E-state index in [1.165, 1.54) is 6.42 Å². The van der Waals surface area contributed by atoms with Crippen molar-refractivity contribution in [3.8, 4) is 0 Å². The quantitative estimate of drug-likeness (QED) is 0.857. The predicted octanol–water partition coefficient (Wildman–Crippen LogP) is 1.26. The van der Waals surface area contributed by atoms with E-state index in [0.717, 1.165) is 57.1 Å². The van der Waals surface area contributed by atoms with Crippen LogP contribution < -0.4 is 5.32 Å². The molecule has 1 aromatic heterocycles. The van der Waals surface area contributed by atoms with Gasteiger partial charge in [0.1, 0.15) is 0 Å². The van der Waals surface area contributed by atoms with Gasteiger partial charge in [0.05, 0.1) is 12.0 Å². The molecule has 0 saturated carbocycles. The summed E-state index contributed by atoms with van der Waals surface area (Å²) >= 11 is 0. The topological polar surface area (TPSA) is 60.2 Å². The Bertz CT molecular complexity index is 354. The molecule has 2 atom stereocenters. The first-order chi connectivity index (χ1) is 8.42. The molecule has 94 valence electrons. The van der Waals surface area contributed by atoms with Crippen LogP contribution in [0.25, 0.3) is 0 Å². The van der Waals surface area contributed by atoms with Crippen molar-refractivity contribution in [3.63, 3.8) is 0 Å². The van der Waals surface area contributed by atoms with Crippen LogP contribution in [0.5, 0.6) is 0 Å². The number of nitrogens with zero attached hydrogens (tertiary/aromatic N) is 2. The minimum absolute atomic E-state index is 0.296. The number of rotatable bonds is 3. The van der Waals surface area contributed by atoms with Crippen LogP contribution in [-0.2, 0) is 11.2 Å². The summed E-state index contributed by atoms with van der Waals surface area (Å²) in [6.45, 7) is 2.94. The standard InChI is InChI=1S/C12H19N3O2/c1-3-9(8-13-5-1)12-14-11(15-17-12)7-10-4-2-6-16-10/h9-10,13H,1-8H2/t9-,10?/m1/s1. The lowest BCUT2D eigenvalue weighted by Crippen LogP contribution is -2.28.